The summed E-state index contributed by atoms with van der Waals surface area (Å²) in [4.78, 5) is 4.75. The number of aromatic nitrogens is 1. The molecular formula is C19H18N2. The van der Waals surface area contributed by atoms with E-state index in [2.05, 4.69) is 60.8 Å². The minimum absolute atomic E-state index is 0.619. The van der Waals surface area contributed by atoms with E-state index in [0.717, 1.165) is 17.9 Å². The molecule has 1 aliphatic rings. The van der Waals surface area contributed by atoms with Crippen molar-refractivity contribution in [2.75, 3.05) is 11.9 Å². The first-order chi connectivity index (χ1) is 10.3. The van der Waals surface area contributed by atoms with E-state index in [1.165, 1.54) is 28.5 Å². The number of nitrogens with zero attached hydrogens (tertiary/aromatic N) is 1. The fraction of sp³-hybridized carbons (Fsp3) is 0.211. The Morgan fingerprint density at radius 3 is 2.81 bits per heavy atom. The maximum Gasteiger partial charge on any atom is 0.129 e. The van der Waals surface area contributed by atoms with Crippen LogP contribution < -0.4 is 5.32 Å². The van der Waals surface area contributed by atoms with E-state index in [1.54, 1.807) is 0 Å². The van der Waals surface area contributed by atoms with Crippen molar-refractivity contribution in [2.45, 2.75) is 19.3 Å². The van der Waals surface area contributed by atoms with Crippen LogP contribution in [0.3, 0.4) is 0 Å². The van der Waals surface area contributed by atoms with Crippen molar-refractivity contribution in [2.24, 2.45) is 0 Å². The molecule has 1 N–H and O–H groups in total. The third kappa shape index (κ3) is 2.17. The van der Waals surface area contributed by atoms with Gasteiger partial charge in [0.2, 0.25) is 0 Å². The van der Waals surface area contributed by atoms with Crippen LogP contribution in [0.25, 0.3) is 10.9 Å². The first kappa shape index (κ1) is 12.4. The predicted molar refractivity (Wildman–Crippen MR) is 87.9 cm³/mol. The Bertz CT molecular complexity index is 808. The molecule has 1 heterocycles. The average Bonchev–Trinajstić information content (AvgIpc) is 2.48. The van der Waals surface area contributed by atoms with E-state index in [-0.39, 0.29) is 0 Å². The number of fused-ring (bicyclic) bond motifs is 2. The van der Waals surface area contributed by atoms with Crippen molar-refractivity contribution in [3.05, 3.63) is 71.3 Å². The quantitative estimate of drug-likeness (QED) is 0.770. The molecule has 0 fully saturated rings. The average molecular weight is 274 g/mol. The Morgan fingerprint density at radius 2 is 1.90 bits per heavy atom. The Hall–Kier alpha value is -2.35. The highest BCUT2D eigenvalue weighted by Crippen LogP contribution is 2.34. The molecule has 2 aromatic carbocycles. The van der Waals surface area contributed by atoms with Crippen LogP contribution in [0.2, 0.25) is 0 Å². The molecule has 0 saturated carbocycles. The number of anilines is 1. The highest BCUT2D eigenvalue weighted by Gasteiger charge is 2.25. The molecule has 1 aromatic heterocycles. The van der Waals surface area contributed by atoms with Gasteiger partial charge in [-0.3, -0.25) is 0 Å². The second kappa shape index (κ2) is 4.88. The first-order valence-electron chi connectivity index (χ1n) is 7.49. The molecule has 0 bridgehead atoms. The smallest absolute Gasteiger partial charge is 0.129 e. The highest BCUT2D eigenvalue weighted by molar-refractivity contribution is 5.81. The van der Waals surface area contributed by atoms with Gasteiger partial charge in [0, 0.05) is 17.8 Å². The summed E-state index contributed by atoms with van der Waals surface area (Å²) < 4.78 is 0. The topological polar surface area (TPSA) is 24.9 Å². The lowest BCUT2D eigenvalue weighted by Crippen LogP contribution is -2.24. The van der Waals surface area contributed by atoms with E-state index in [1.807, 2.05) is 6.07 Å². The highest BCUT2D eigenvalue weighted by atomic mass is 15.0. The number of aryl methyl sites for hydroxylation is 1. The number of nitrogens with one attached hydrogen (secondary N) is 1. The zero-order valence-corrected chi connectivity index (χ0v) is 12.1. The van der Waals surface area contributed by atoms with Crippen LogP contribution in [0.5, 0.6) is 0 Å². The summed E-state index contributed by atoms with van der Waals surface area (Å²) in [6.07, 6.45) is 1.18. The Kier molecular flexibility index (Phi) is 2.88. The Balaban J connectivity index is 1.54. The molecule has 4 rings (SSSR count). The van der Waals surface area contributed by atoms with E-state index in [0.29, 0.717) is 5.92 Å². The maximum absolute atomic E-state index is 4.75. The van der Waals surface area contributed by atoms with Gasteiger partial charge in [-0.15, -0.1) is 0 Å². The molecule has 0 radical (unpaired) electrons. The Morgan fingerprint density at radius 1 is 1.10 bits per heavy atom. The molecule has 3 aromatic rings. The monoisotopic (exact) mass is 274 g/mol. The van der Waals surface area contributed by atoms with E-state index < -0.39 is 0 Å². The van der Waals surface area contributed by atoms with E-state index in [4.69, 9.17) is 4.98 Å². The summed E-state index contributed by atoms with van der Waals surface area (Å²) in [5.41, 5.74) is 5.25. The van der Waals surface area contributed by atoms with Crippen molar-refractivity contribution in [3.8, 4) is 0 Å². The van der Waals surface area contributed by atoms with Crippen LogP contribution in [0.1, 0.15) is 22.6 Å². The number of rotatable bonds is 3. The Labute approximate surface area is 124 Å². The lowest BCUT2D eigenvalue weighted by Gasteiger charge is -2.30. The van der Waals surface area contributed by atoms with Gasteiger partial charge in [-0.2, -0.15) is 0 Å². The van der Waals surface area contributed by atoms with Gasteiger partial charge in [0.25, 0.3) is 0 Å². The number of benzene rings is 2. The molecule has 2 heteroatoms. The van der Waals surface area contributed by atoms with Crippen LogP contribution in [-0.4, -0.2) is 11.5 Å². The molecule has 0 saturated heterocycles. The van der Waals surface area contributed by atoms with Gasteiger partial charge in [0.05, 0.1) is 5.52 Å². The predicted octanol–water partition coefficient (Wildman–Crippen LogP) is 4.30. The SMILES string of the molecule is Cc1cc2ccccc2nc1NCC1Cc2ccccc21. The fourth-order valence-electron chi connectivity index (χ4n) is 3.17. The zero-order valence-electron chi connectivity index (χ0n) is 12.1. The molecule has 2 nitrogen and oxygen atoms in total. The molecule has 1 atom stereocenters. The van der Waals surface area contributed by atoms with Crippen molar-refractivity contribution in [1.29, 1.82) is 0 Å². The number of hydrogen-bond donors (Lipinski definition) is 1. The molecule has 104 valence electrons. The van der Waals surface area contributed by atoms with Crippen LogP contribution in [0.15, 0.2) is 54.6 Å². The molecule has 0 amide bonds. The van der Waals surface area contributed by atoms with Gasteiger partial charge in [0.1, 0.15) is 5.82 Å². The summed E-state index contributed by atoms with van der Waals surface area (Å²) in [5, 5.41) is 4.74. The summed E-state index contributed by atoms with van der Waals surface area (Å²) >= 11 is 0. The van der Waals surface area contributed by atoms with Gasteiger partial charge in [-0.05, 0) is 42.2 Å². The third-order valence-electron chi connectivity index (χ3n) is 4.39. The normalized spacial score (nSPS) is 16.3. The van der Waals surface area contributed by atoms with Crippen LogP contribution in [-0.2, 0) is 6.42 Å². The molecule has 1 unspecified atom stereocenters. The second-order valence-corrected chi connectivity index (χ2v) is 5.83. The largest absolute Gasteiger partial charge is 0.369 e. The summed E-state index contributed by atoms with van der Waals surface area (Å²) in [6, 6.07) is 19.2. The minimum atomic E-state index is 0.619. The van der Waals surface area contributed by atoms with Crippen molar-refractivity contribution < 1.29 is 0 Å². The molecule has 0 spiro atoms. The summed E-state index contributed by atoms with van der Waals surface area (Å²) in [6.45, 7) is 3.08. The lowest BCUT2D eigenvalue weighted by atomic mass is 9.77. The first-order valence-corrected chi connectivity index (χ1v) is 7.49. The van der Waals surface area contributed by atoms with Crippen molar-refractivity contribution >= 4 is 16.7 Å². The van der Waals surface area contributed by atoms with Crippen LogP contribution in [0.4, 0.5) is 5.82 Å². The number of para-hydroxylation sites is 1. The molecule has 0 aliphatic heterocycles. The van der Waals surface area contributed by atoms with Gasteiger partial charge < -0.3 is 5.32 Å². The standard InChI is InChI=1S/C19H18N2/c1-13-10-15-7-3-5-9-18(15)21-19(13)20-12-16-11-14-6-2-4-8-17(14)16/h2-10,16H,11-12H2,1H3,(H,20,21). The number of pyridine rings is 1. The third-order valence-corrected chi connectivity index (χ3v) is 4.39. The summed E-state index contributed by atoms with van der Waals surface area (Å²) in [7, 11) is 0. The summed E-state index contributed by atoms with van der Waals surface area (Å²) in [5.74, 6) is 1.63. The zero-order chi connectivity index (χ0) is 14.2. The van der Waals surface area contributed by atoms with Crippen molar-refractivity contribution in [3.63, 3.8) is 0 Å². The van der Waals surface area contributed by atoms with Crippen LogP contribution in [0, 0.1) is 6.92 Å². The van der Waals surface area contributed by atoms with Gasteiger partial charge in [0.15, 0.2) is 0 Å². The van der Waals surface area contributed by atoms with Gasteiger partial charge >= 0.3 is 0 Å². The molecule has 21 heavy (non-hydrogen) atoms. The lowest BCUT2D eigenvalue weighted by molar-refractivity contribution is 0.634. The maximum atomic E-state index is 4.75. The van der Waals surface area contributed by atoms with Crippen LogP contribution >= 0.6 is 0 Å². The fourth-order valence-corrected chi connectivity index (χ4v) is 3.17. The van der Waals surface area contributed by atoms with E-state index in [9.17, 15) is 0 Å². The van der Waals surface area contributed by atoms with E-state index >= 15 is 0 Å². The van der Waals surface area contributed by atoms with Gasteiger partial charge in [-0.25, -0.2) is 4.98 Å². The second-order valence-electron chi connectivity index (χ2n) is 5.83. The van der Waals surface area contributed by atoms with Crippen molar-refractivity contribution in [1.82, 2.24) is 4.98 Å². The molecule has 1 aliphatic carbocycles. The van der Waals surface area contributed by atoms with Gasteiger partial charge in [-0.1, -0.05) is 42.5 Å². The number of hydrogen-bond acceptors (Lipinski definition) is 2. The molecular weight excluding hydrogens is 256 g/mol. The minimum Gasteiger partial charge on any atom is -0.369 e.